The molecule has 0 radical (unpaired) electrons. The summed E-state index contributed by atoms with van der Waals surface area (Å²) in [6.45, 7) is 7.96. The molecule has 3 rings (SSSR count). The van der Waals surface area contributed by atoms with E-state index in [2.05, 4.69) is 6.07 Å². The van der Waals surface area contributed by atoms with Gasteiger partial charge in [0.25, 0.3) is 0 Å². The maximum absolute atomic E-state index is 14.7. The number of aryl methyl sites for hydroxylation is 2. The Balaban J connectivity index is 2.31. The number of hydrogen-bond donors (Lipinski definition) is 0. The fraction of sp³-hybridized carbons (Fsp3) is 0.316. The van der Waals surface area contributed by atoms with Crippen molar-refractivity contribution in [3.05, 3.63) is 52.1 Å². The molecule has 1 atom stereocenters. The average Bonchev–Trinajstić information content (AvgIpc) is 2.75. The fourth-order valence-corrected chi connectivity index (χ4v) is 3.38. The van der Waals surface area contributed by atoms with E-state index in [-0.39, 0.29) is 11.9 Å². The highest BCUT2D eigenvalue weighted by molar-refractivity contribution is 5.86. The molecule has 0 aliphatic carbocycles. The molecule has 0 saturated heterocycles. The van der Waals surface area contributed by atoms with E-state index in [1.807, 2.05) is 38.7 Å². The smallest absolute Gasteiger partial charge is 0.169 e. The summed E-state index contributed by atoms with van der Waals surface area (Å²) < 4.78 is 28.9. The third-order valence-corrected chi connectivity index (χ3v) is 4.87. The van der Waals surface area contributed by atoms with Crippen LogP contribution in [0, 0.1) is 43.7 Å². The van der Waals surface area contributed by atoms with Gasteiger partial charge in [0.2, 0.25) is 0 Å². The standard InChI is InChI=1S/C19H19F2N3/c1-10-6-11(2)12(3)16(7-10)24-13(4)23(5)19-17(24)8-15(20)14(9-22)18(19)21/h6-8,13H,1-5H3/t13-/m0/s1. The Bertz CT molecular complexity index is 883. The lowest BCUT2D eigenvalue weighted by atomic mass is 10.0. The first-order chi connectivity index (χ1) is 11.3. The molecular weight excluding hydrogens is 308 g/mol. The van der Waals surface area contributed by atoms with Crippen molar-refractivity contribution in [1.82, 2.24) is 0 Å². The topological polar surface area (TPSA) is 30.3 Å². The van der Waals surface area contributed by atoms with Crippen molar-refractivity contribution in [2.45, 2.75) is 33.9 Å². The zero-order valence-corrected chi connectivity index (χ0v) is 14.4. The van der Waals surface area contributed by atoms with Gasteiger partial charge in [-0.1, -0.05) is 6.07 Å². The molecule has 5 heteroatoms. The lowest BCUT2D eigenvalue weighted by Gasteiger charge is -2.29. The highest BCUT2D eigenvalue weighted by Gasteiger charge is 2.37. The monoisotopic (exact) mass is 327 g/mol. The van der Waals surface area contributed by atoms with Gasteiger partial charge in [0.05, 0.1) is 5.69 Å². The van der Waals surface area contributed by atoms with Gasteiger partial charge in [-0.3, -0.25) is 0 Å². The van der Waals surface area contributed by atoms with Crippen molar-refractivity contribution >= 4 is 17.1 Å². The summed E-state index contributed by atoms with van der Waals surface area (Å²) in [6, 6.07) is 6.99. The van der Waals surface area contributed by atoms with Crippen LogP contribution in [0.5, 0.6) is 0 Å². The number of anilines is 3. The quantitative estimate of drug-likeness (QED) is 0.761. The molecule has 0 saturated carbocycles. The van der Waals surface area contributed by atoms with E-state index in [0.29, 0.717) is 5.69 Å². The molecule has 0 bridgehead atoms. The molecule has 1 aliphatic rings. The number of hydrogen-bond acceptors (Lipinski definition) is 3. The molecule has 3 nitrogen and oxygen atoms in total. The number of halogens is 2. The Hall–Kier alpha value is -2.61. The van der Waals surface area contributed by atoms with Gasteiger partial charge in [-0.25, -0.2) is 8.78 Å². The Morgan fingerprint density at radius 1 is 1.08 bits per heavy atom. The zero-order valence-electron chi connectivity index (χ0n) is 14.4. The van der Waals surface area contributed by atoms with E-state index in [1.54, 1.807) is 18.0 Å². The first kappa shape index (κ1) is 16.3. The summed E-state index contributed by atoms with van der Waals surface area (Å²) in [5.74, 6) is -1.63. The molecule has 0 aromatic heterocycles. The van der Waals surface area contributed by atoms with Crippen molar-refractivity contribution in [3.63, 3.8) is 0 Å². The predicted molar refractivity (Wildman–Crippen MR) is 91.7 cm³/mol. The maximum atomic E-state index is 14.7. The van der Waals surface area contributed by atoms with Crippen LogP contribution in [0.2, 0.25) is 0 Å². The molecule has 24 heavy (non-hydrogen) atoms. The van der Waals surface area contributed by atoms with Crippen LogP contribution in [0.4, 0.5) is 25.8 Å². The minimum Gasteiger partial charge on any atom is -0.350 e. The van der Waals surface area contributed by atoms with E-state index < -0.39 is 17.2 Å². The molecule has 0 N–H and O–H groups in total. The number of benzene rings is 2. The second-order valence-electron chi connectivity index (χ2n) is 6.37. The third-order valence-electron chi connectivity index (χ3n) is 4.87. The Labute approximate surface area is 140 Å². The molecular formula is C19H19F2N3. The lowest BCUT2D eigenvalue weighted by Crippen LogP contribution is -2.36. The van der Waals surface area contributed by atoms with Crippen LogP contribution >= 0.6 is 0 Å². The summed E-state index contributed by atoms with van der Waals surface area (Å²) >= 11 is 0. The van der Waals surface area contributed by atoms with Crippen LogP contribution in [-0.2, 0) is 0 Å². The first-order valence-corrected chi connectivity index (χ1v) is 7.80. The zero-order chi connectivity index (χ0) is 17.8. The Morgan fingerprint density at radius 2 is 1.75 bits per heavy atom. The summed E-state index contributed by atoms with van der Waals surface area (Å²) in [5, 5.41) is 9.02. The van der Waals surface area contributed by atoms with Gasteiger partial charge in [-0.05, 0) is 50.5 Å². The number of fused-ring (bicyclic) bond motifs is 1. The highest BCUT2D eigenvalue weighted by atomic mass is 19.1. The van der Waals surface area contributed by atoms with Gasteiger partial charge in [-0.15, -0.1) is 0 Å². The van der Waals surface area contributed by atoms with Gasteiger partial charge < -0.3 is 9.80 Å². The van der Waals surface area contributed by atoms with Crippen molar-refractivity contribution < 1.29 is 8.78 Å². The first-order valence-electron chi connectivity index (χ1n) is 7.80. The minimum atomic E-state index is -0.830. The molecule has 2 aromatic carbocycles. The normalized spacial score (nSPS) is 16.3. The molecule has 124 valence electrons. The van der Waals surface area contributed by atoms with Gasteiger partial charge in [0.1, 0.15) is 29.3 Å². The number of rotatable bonds is 1. The van der Waals surface area contributed by atoms with Crippen LogP contribution in [0.15, 0.2) is 18.2 Å². The molecule has 0 fully saturated rings. The van der Waals surface area contributed by atoms with Gasteiger partial charge in [-0.2, -0.15) is 5.26 Å². The van der Waals surface area contributed by atoms with Gasteiger partial charge in [0.15, 0.2) is 5.82 Å². The minimum absolute atomic E-state index is 0.192. The number of nitrogens with zero attached hydrogens (tertiary/aromatic N) is 3. The Kier molecular flexibility index (Phi) is 3.71. The summed E-state index contributed by atoms with van der Waals surface area (Å²) in [5.41, 5.74) is 4.39. The molecule has 1 heterocycles. The average molecular weight is 327 g/mol. The van der Waals surface area contributed by atoms with E-state index >= 15 is 0 Å². The summed E-state index contributed by atoms with van der Waals surface area (Å²) in [7, 11) is 1.75. The van der Waals surface area contributed by atoms with Crippen molar-refractivity contribution in [3.8, 4) is 6.07 Å². The number of nitriles is 1. The van der Waals surface area contributed by atoms with Crippen molar-refractivity contribution in [2.75, 3.05) is 16.8 Å². The fourth-order valence-electron chi connectivity index (χ4n) is 3.38. The van der Waals surface area contributed by atoms with E-state index in [9.17, 15) is 8.78 Å². The second-order valence-corrected chi connectivity index (χ2v) is 6.37. The van der Waals surface area contributed by atoms with E-state index in [4.69, 9.17) is 5.26 Å². The van der Waals surface area contributed by atoms with Crippen LogP contribution in [0.25, 0.3) is 0 Å². The van der Waals surface area contributed by atoms with Crippen LogP contribution in [0.3, 0.4) is 0 Å². The molecule has 0 spiro atoms. The van der Waals surface area contributed by atoms with Crippen LogP contribution < -0.4 is 9.80 Å². The van der Waals surface area contributed by atoms with Gasteiger partial charge in [0, 0.05) is 18.8 Å². The Morgan fingerprint density at radius 3 is 2.38 bits per heavy atom. The maximum Gasteiger partial charge on any atom is 0.169 e. The third kappa shape index (κ3) is 2.14. The SMILES string of the molecule is Cc1cc(C)c(C)c(N2c3cc(F)c(C#N)c(F)c3N(C)[C@@H]2C)c1. The van der Waals surface area contributed by atoms with Crippen molar-refractivity contribution in [2.24, 2.45) is 0 Å². The predicted octanol–water partition coefficient (Wildman–Crippen LogP) is 4.70. The van der Waals surface area contributed by atoms with E-state index in [0.717, 1.165) is 22.4 Å². The van der Waals surface area contributed by atoms with Gasteiger partial charge >= 0.3 is 0 Å². The highest BCUT2D eigenvalue weighted by Crippen LogP contribution is 2.47. The second kappa shape index (κ2) is 5.48. The molecule has 1 aliphatic heterocycles. The van der Waals surface area contributed by atoms with Crippen LogP contribution in [0.1, 0.15) is 29.2 Å². The molecule has 2 aromatic rings. The largest absolute Gasteiger partial charge is 0.350 e. The molecule has 0 amide bonds. The van der Waals surface area contributed by atoms with E-state index in [1.165, 1.54) is 6.07 Å². The van der Waals surface area contributed by atoms with Crippen molar-refractivity contribution in [1.29, 1.82) is 5.26 Å². The summed E-state index contributed by atoms with van der Waals surface area (Å²) in [4.78, 5) is 3.67. The van der Waals surface area contributed by atoms with Crippen LogP contribution in [-0.4, -0.2) is 13.2 Å². The summed E-state index contributed by atoms with van der Waals surface area (Å²) in [6.07, 6.45) is -0.192. The molecule has 0 unspecified atom stereocenters. The lowest BCUT2D eigenvalue weighted by molar-refractivity contribution is 0.577.